The van der Waals surface area contributed by atoms with Crippen molar-refractivity contribution in [1.82, 2.24) is 16.2 Å². The van der Waals surface area contributed by atoms with Crippen LogP contribution in [0.2, 0.25) is 0 Å². The Kier molecular flexibility index (Phi) is 5.27. The van der Waals surface area contributed by atoms with Crippen molar-refractivity contribution in [2.24, 2.45) is 0 Å². The van der Waals surface area contributed by atoms with Crippen LogP contribution in [0, 0.1) is 0 Å². The van der Waals surface area contributed by atoms with Crippen LogP contribution in [0.5, 0.6) is 0 Å². The van der Waals surface area contributed by atoms with Crippen LogP contribution in [0.3, 0.4) is 0 Å². The van der Waals surface area contributed by atoms with Gasteiger partial charge in [0.05, 0.1) is 12.1 Å². The molecule has 0 aliphatic carbocycles. The van der Waals surface area contributed by atoms with Crippen LogP contribution in [0.4, 0.5) is 0 Å². The molecule has 1 aromatic carbocycles. The Morgan fingerprint density at radius 3 is 2.39 bits per heavy atom. The zero-order valence-corrected chi connectivity index (χ0v) is 11.1. The number of carbonyl (C=O) groups is 1. The van der Waals surface area contributed by atoms with Crippen molar-refractivity contribution in [3.05, 3.63) is 35.4 Å². The third-order valence-electron chi connectivity index (χ3n) is 2.53. The lowest BCUT2D eigenvalue weighted by Gasteiger charge is -2.23. The van der Waals surface area contributed by atoms with Crippen LogP contribution < -0.4 is 16.2 Å². The van der Waals surface area contributed by atoms with Gasteiger partial charge in [-0.05, 0) is 38.6 Å². The summed E-state index contributed by atoms with van der Waals surface area (Å²) in [5.41, 5.74) is 6.88. The summed E-state index contributed by atoms with van der Waals surface area (Å²) >= 11 is 0. The number of aliphatic hydroxyl groups is 1. The molecule has 0 spiro atoms. The van der Waals surface area contributed by atoms with Crippen LogP contribution >= 0.6 is 0 Å². The van der Waals surface area contributed by atoms with Crippen molar-refractivity contribution in [3.63, 3.8) is 0 Å². The number of carbonyl (C=O) groups excluding carboxylic acids is 1. The normalized spacial score (nSPS) is 11.3. The fourth-order valence-electron chi connectivity index (χ4n) is 1.38. The standard InChI is InChI=1S/C13H21N3O2/c1-13(2,9-17)16-12(18)11-6-4-10(5-7-11)8-15-14-3/h4-7,14-15,17H,8-9H2,1-3H3,(H,16,18). The minimum atomic E-state index is -0.608. The molecule has 0 radical (unpaired) electrons. The fraction of sp³-hybridized carbons (Fsp3) is 0.462. The minimum Gasteiger partial charge on any atom is -0.394 e. The van der Waals surface area contributed by atoms with Gasteiger partial charge in [0.2, 0.25) is 0 Å². The number of benzene rings is 1. The van der Waals surface area contributed by atoms with Gasteiger partial charge in [-0.25, -0.2) is 0 Å². The molecule has 0 fully saturated rings. The average molecular weight is 251 g/mol. The molecule has 0 saturated carbocycles. The molecule has 5 nitrogen and oxygen atoms in total. The number of rotatable bonds is 6. The largest absolute Gasteiger partial charge is 0.394 e. The maximum Gasteiger partial charge on any atom is 0.251 e. The van der Waals surface area contributed by atoms with E-state index >= 15 is 0 Å². The highest BCUT2D eigenvalue weighted by molar-refractivity contribution is 5.94. The highest BCUT2D eigenvalue weighted by atomic mass is 16.3. The molecule has 0 heterocycles. The molecule has 0 aromatic heterocycles. The maximum atomic E-state index is 11.9. The van der Waals surface area contributed by atoms with Gasteiger partial charge in [-0.3, -0.25) is 15.6 Å². The molecule has 1 amide bonds. The molecule has 0 unspecified atom stereocenters. The topological polar surface area (TPSA) is 73.4 Å². The highest BCUT2D eigenvalue weighted by Crippen LogP contribution is 2.07. The van der Waals surface area contributed by atoms with Crippen LogP contribution in [0.15, 0.2) is 24.3 Å². The molecule has 18 heavy (non-hydrogen) atoms. The van der Waals surface area contributed by atoms with E-state index in [4.69, 9.17) is 5.11 Å². The lowest BCUT2D eigenvalue weighted by Crippen LogP contribution is -2.46. The van der Waals surface area contributed by atoms with Gasteiger partial charge in [-0.1, -0.05) is 12.1 Å². The van der Waals surface area contributed by atoms with Gasteiger partial charge in [0, 0.05) is 12.1 Å². The van der Waals surface area contributed by atoms with Crippen LogP contribution in [-0.2, 0) is 6.54 Å². The van der Waals surface area contributed by atoms with Gasteiger partial charge in [0.1, 0.15) is 0 Å². The van der Waals surface area contributed by atoms with Crippen molar-refractivity contribution < 1.29 is 9.90 Å². The summed E-state index contributed by atoms with van der Waals surface area (Å²) < 4.78 is 0. The maximum absolute atomic E-state index is 11.9. The third kappa shape index (κ3) is 4.44. The Morgan fingerprint density at radius 2 is 1.89 bits per heavy atom. The van der Waals surface area contributed by atoms with Gasteiger partial charge in [-0.15, -0.1) is 0 Å². The monoisotopic (exact) mass is 251 g/mol. The van der Waals surface area contributed by atoms with Crippen molar-refractivity contribution in [2.75, 3.05) is 13.7 Å². The van der Waals surface area contributed by atoms with E-state index in [1.807, 2.05) is 12.1 Å². The van der Waals surface area contributed by atoms with Crippen LogP contribution in [0.25, 0.3) is 0 Å². The first-order chi connectivity index (χ1) is 8.48. The fourth-order valence-corrected chi connectivity index (χ4v) is 1.38. The van der Waals surface area contributed by atoms with Crippen molar-refractivity contribution in [2.45, 2.75) is 25.9 Å². The summed E-state index contributed by atoms with van der Waals surface area (Å²) in [6, 6.07) is 7.33. The number of hydrogen-bond donors (Lipinski definition) is 4. The van der Waals surface area contributed by atoms with Gasteiger partial charge < -0.3 is 10.4 Å². The van der Waals surface area contributed by atoms with Gasteiger partial charge in [0.25, 0.3) is 5.91 Å². The van der Waals surface area contributed by atoms with E-state index in [0.29, 0.717) is 12.1 Å². The molecule has 1 rings (SSSR count). The number of hydrazine groups is 1. The van der Waals surface area contributed by atoms with E-state index in [1.165, 1.54) is 0 Å². The first-order valence-electron chi connectivity index (χ1n) is 5.90. The summed E-state index contributed by atoms with van der Waals surface area (Å²) in [4.78, 5) is 11.9. The molecule has 0 aliphatic heterocycles. The molecule has 0 saturated heterocycles. The molecule has 5 heteroatoms. The van der Waals surface area contributed by atoms with Gasteiger partial charge >= 0.3 is 0 Å². The molecule has 0 aliphatic rings. The lowest BCUT2D eigenvalue weighted by molar-refractivity contribution is 0.0869. The number of hydrogen-bond acceptors (Lipinski definition) is 4. The van der Waals surface area contributed by atoms with E-state index in [2.05, 4.69) is 16.2 Å². The van der Waals surface area contributed by atoms with Crippen molar-refractivity contribution >= 4 is 5.91 Å². The second-order valence-electron chi connectivity index (χ2n) is 4.80. The first kappa shape index (κ1) is 14.6. The summed E-state index contributed by atoms with van der Waals surface area (Å²) in [6.45, 7) is 4.15. The molecular formula is C13H21N3O2. The lowest BCUT2D eigenvalue weighted by atomic mass is 10.1. The molecule has 100 valence electrons. The summed E-state index contributed by atoms with van der Waals surface area (Å²) in [6.07, 6.45) is 0. The van der Waals surface area contributed by atoms with Gasteiger partial charge in [0.15, 0.2) is 0 Å². The predicted octanol–water partition coefficient (Wildman–Crippen LogP) is 0.411. The van der Waals surface area contributed by atoms with E-state index in [1.54, 1.807) is 33.0 Å². The Labute approximate surface area is 108 Å². The van der Waals surface area contributed by atoms with Crippen LogP contribution in [-0.4, -0.2) is 30.2 Å². The second kappa shape index (κ2) is 6.49. The Bertz CT molecular complexity index is 388. The third-order valence-corrected chi connectivity index (χ3v) is 2.53. The van der Waals surface area contributed by atoms with Crippen molar-refractivity contribution in [1.29, 1.82) is 0 Å². The average Bonchev–Trinajstić information content (AvgIpc) is 2.36. The zero-order valence-electron chi connectivity index (χ0n) is 11.1. The summed E-state index contributed by atoms with van der Waals surface area (Å²) in [7, 11) is 1.80. The van der Waals surface area contributed by atoms with Gasteiger partial charge in [-0.2, -0.15) is 0 Å². The Morgan fingerprint density at radius 1 is 1.28 bits per heavy atom. The molecule has 4 N–H and O–H groups in total. The van der Waals surface area contributed by atoms with Crippen LogP contribution in [0.1, 0.15) is 29.8 Å². The van der Waals surface area contributed by atoms with E-state index in [0.717, 1.165) is 5.56 Å². The summed E-state index contributed by atoms with van der Waals surface area (Å²) in [5, 5.41) is 11.9. The minimum absolute atomic E-state index is 0.0943. The SMILES string of the molecule is CNNCc1ccc(C(=O)NC(C)(C)CO)cc1. The highest BCUT2D eigenvalue weighted by Gasteiger charge is 2.19. The molecule has 1 aromatic rings. The number of amides is 1. The smallest absolute Gasteiger partial charge is 0.251 e. The van der Waals surface area contributed by atoms with E-state index in [-0.39, 0.29) is 12.5 Å². The van der Waals surface area contributed by atoms with E-state index < -0.39 is 5.54 Å². The molecule has 0 atom stereocenters. The zero-order chi connectivity index (χ0) is 13.6. The first-order valence-corrected chi connectivity index (χ1v) is 5.90. The second-order valence-corrected chi connectivity index (χ2v) is 4.80. The summed E-state index contributed by atoms with van der Waals surface area (Å²) in [5.74, 6) is -0.179. The van der Waals surface area contributed by atoms with Crippen molar-refractivity contribution in [3.8, 4) is 0 Å². The molecule has 0 bridgehead atoms. The number of nitrogens with one attached hydrogen (secondary N) is 3. The van der Waals surface area contributed by atoms with E-state index in [9.17, 15) is 4.79 Å². The Balaban J connectivity index is 2.64. The number of aliphatic hydroxyl groups excluding tert-OH is 1. The molecular weight excluding hydrogens is 230 g/mol. The Hall–Kier alpha value is -1.43. The predicted molar refractivity (Wildman–Crippen MR) is 71.0 cm³/mol. The quantitative estimate of drug-likeness (QED) is 0.553.